The number of nitrogens with zero attached hydrogens (tertiary/aromatic N) is 2. The van der Waals surface area contributed by atoms with Crippen LogP contribution in [0.4, 0.5) is 5.69 Å². The molecule has 4 rings (SSSR count). The summed E-state index contributed by atoms with van der Waals surface area (Å²) in [6.45, 7) is -0.177. The number of nitrogens with one attached hydrogen (secondary N) is 3. The molecule has 0 spiro atoms. The number of hydrogen-bond donors (Lipinski definition) is 7. The number of fused-ring (bicyclic) bond motifs is 2. The maximum Gasteiger partial charge on any atom is 0.326 e. The van der Waals surface area contributed by atoms with Crippen LogP contribution in [-0.2, 0) is 32.2 Å². The standard InChI is InChI=1S/C32H33N5O10.3Na/c1-2-13-37(25-10-5-18-14-24-21(15-20(18)25)30(43)36-26(16-38)33-24)19-6-3-17(4-7-19)29(42)35-23(32(46)47)8-11-27(39)34-22(31(44)45)9-12-28(40)41;;;/h1,3-4,6-7,14-15,22-23,25,38H,5,8-13,16H2,(H,34,39)(H,35,42)(H,40,41)(H,44,45)(H,46,47)(H,33,36,43);;;/t22-,23+,25+;;;/m1.../s1. The van der Waals surface area contributed by atoms with Gasteiger partial charge in [0.15, 0.2) is 0 Å². The van der Waals surface area contributed by atoms with E-state index in [1.165, 1.54) is 12.1 Å². The molecule has 0 aliphatic heterocycles. The van der Waals surface area contributed by atoms with Crippen molar-refractivity contribution in [1.29, 1.82) is 0 Å². The zero-order valence-corrected chi connectivity index (χ0v) is 34.1. The number of aromatic amines is 1. The van der Waals surface area contributed by atoms with E-state index < -0.39 is 61.3 Å². The minimum Gasteiger partial charge on any atom is -0.481 e. The zero-order valence-electron chi connectivity index (χ0n) is 28.1. The predicted molar refractivity (Wildman–Crippen MR) is 184 cm³/mol. The monoisotopic (exact) mass is 716 g/mol. The summed E-state index contributed by atoms with van der Waals surface area (Å²) in [7, 11) is 0. The van der Waals surface area contributed by atoms with Gasteiger partial charge in [-0.05, 0) is 73.2 Å². The van der Waals surface area contributed by atoms with Crippen LogP contribution < -0.4 is 21.1 Å². The van der Waals surface area contributed by atoms with Crippen LogP contribution >= 0.6 is 0 Å². The molecule has 3 aromatic rings. The van der Waals surface area contributed by atoms with E-state index in [4.69, 9.17) is 11.5 Å². The SMILES string of the molecule is C#CCN(c1ccc(C(=O)N[C@@H](CCC(=O)N[C@H](CCC(=O)O)C(=O)O)C(=O)O)cc1)[C@H]1CCc2cc3nc(CO)[nH]c(=O)c3cc21.[Na].[Na].[Na]. The van der Waals surface area contributed by atoms with E-state index in [1.807, 2.05) is 11.0 Å². The second-order valence-electron chi connectivity index (χ2n) is 11.0. The molecule has 50 heavy (non-hydrogen) atoms. The molecule has 2 amide bonds. The smallest absolute Gasteiger partial charge is 0.326 e. The Morgan fingerprint density at radius 1 is 0.960 bits per heavy atom. The number of benzene rings is 2. The van der Waals surface area contributed by atoms with E-state index in [9.17, 15) is 44.1 Å². The summed E-state index contributed by atoms with van der Waals surface area (Å²) in [6.07, 6.45) is 5.48. The average molecular weight is 717 g/mol. The molecule has 18 heteroatoms. The number of rotatable bonds is 15. The Hall–Kier alpha value is -2.75. The van der Waals surface area contributed by atoms with E-state index in [0.717, 1.165) is 11.1 Å². The van der Waals surface area contributed by atoms with Crippen LogP contribution in [0, 0.1) is 12.3 Å². The number of carboxylic acid groups (broad SMARTS) is 3. The number of anilines is 1. The van der Waals surface area contributed by atoms with Crippen LogP contribution in [0.25, 0.3) is 10.9 Å². The number of H-pyrrole nitrogens is 1. The molecule has 3 atom stereocenters. The fourth-order valence-corrected chi connectivity index (χ4v) is 5.52. The van der Waals surface area contributed by atoms with Gasteiger partial charge in [-0.1, -0.05) is 5.92 Å². The normalized spacial score (nSPS) is 13.9. The van der Waals surface area contributed by atoms with E-state index in [0.29, 0.717) is 29.4 Å². The number of carboxylic acids is 3. The molecule has 7 N–H and O–H groups in total. The van der Waals surface area contributed by atoms with Crippen molar-refractivity contribution in [3.63, 3.8) is 0 Å². The summed E-state index contributed by atoms with van der Waals surface area (Å²) in [6, 6.07) is 6.85. The number of carbonyl (C=O) groups is 5. The van der Waals surface area contributed by atoms with E-state index in [2.05, 4.69) is 26.5 Å². The van der Waals surface area contributed by atoms with Gasteiger partial charge >= 0.3 is 17.9 Å². The summed E-state index contributed by atoms with van der Waals surface area (Å²) in [5, 5.41) is 41.9. The first kappa shape index (κ1) is 45.3. The third kappa shape index (κ3) is 11.6. The number of carbonyl (C=O) groups excluding carboxylic acids is 2. The van der Waals surface area contributed by atoms with Crippen molar-refractivity contribution in [1.82, 2.24) is 20.6 Å². The van der Waals surface area contributed by atoms with Crippen LogP contribution in [0.15, 0.2) is 41.2 Å². The van der Waals surface area contributed by atoms with E-state index in [-0.39, 0.29) is 131 Å². The quantitative estimate of drug-likeness (QED) is 0.0800. The molecule has 3 radical (unpaired) electrons. The fourth-order valence-electron chi connectivity index (χ4n) is 5.52. The Bertz CT molecular complexity index is 1810. The number of hydrogen-bond acceptors (Lipinski definition) is 9. The first-order chi connectivity index (χ1) is 22.4. The van der Waals surface area contributed by atoms with Crippen LogP contribution in [0.3, 0.4) is 0 Å². The molecular weight excluding hydrogens is 683 g/mol. The molecule has 0 saturated heterocycles. The Balaban J connectivity index is 0.00000417. The van der Waals surface area contributed by atoms with Gasteiger partial charge in [-0.15, -0.1) is 6.42 Å². The van der Waals surface area contributed by atoms with Gasteiger partial charge in [-0.3, -0.25) is 19.2 Å². The van der Waals surface area contributed by atoms with Crippen molar-refractivity contribution in [2.24, 2.45) is 0 Å². The minimum absolute atomic E-state index is 0. The molecule has 2 aromatic carbocycles. The maximum atomic E-state index is 12.9. The predicted octanol–water partition coefficient (Wildman–Crippen LogP) is -0.202. The molecule has 0 bridgehead atoms. The molecule has 1 aliphatic rings. The topological polar surface area (TPSA) is 239 Å². The summed E-state index contributed by atoms with van der Waals surface area (Å²) in [5.41, 5.74) is 2.84. The number of aromatic nitrogens is 2. The number of aliphatic hydroxyl groups excluding tert-OH is 1. The Kier molecular flexibility index (Phi) is 19.0. The molecule has 0 fully saturated rings. The largest absolute Gasteiger partial charge is 0.481 e. The van der Waals surface area contributed by atoms with Crippen LogP contribution in [-0.4, -0.2) is 167 Å². The van der Waals surface area contributed by atoms with Gasteiger partial charge in [-0.2, -0.15) is 0 Å². The van der Waals surface area contributed by atoms with Crippen molar-refractivity contribution in [2.75, 3.05) is 11.4 Å². The van der Waals surface area contributed by atoms with Gasteiger partial charge in [0.2, 0.25) is 5.91 Å². The minimum atomic E-state index is -1.47. The van der Waals surface area contributed by atoms with Crippen molar-refractivity contribution < 1.29 is 44.4 Å². The molecule has 0 saturated carbocycles. The Morgan fingerprint density at radius 2 is 1.58 bits per heavy atom. The van der Waals surface area contributed by atoms with Crippen molar-refractivity contribution in [3.05, 3.63) is 69.3 Å². The van der Waals surface area contributed by atoms with E-state index in [1.54, 1.807) is 18.2 Å². The van der Waals surface area contributed by atoms with Gasteiger partial charge < -0.3 is 40.9 Å². The summed E-state index contributed by atoms with van der Waals surface area (Å²) in [4.78, 5) is 80.6. The summed E-state index contributed by atoms with van der Waals surface area (Å²) in [5.74, 6) is -2.77. The molecule has 15 nitrogen and oxygen atoms in total. The zero-order chi connectivity index (χ0) is 34.2. The van der Waals surface area contributed by atoms with Crippen molar-refractivity contribution >= 4 is 135 Å². The first-order valence-corrected chi connectivity index (χ1v) is 14.7. The van der Waals surface area contributed by atoms with Crippen LogP contribution in [0.1, 0.15) is 65.5 Å². The Morgan fingerprint density at radius 3 is 2.16 bits per heavy atom. The van der Waals surface area contributed by atoms with Crippen LogP contribution in [0.5, 0.6) is 0 Å². The molecule has 1 aromatic heterocycles. The van der Waals surface area contributed by atoms with E-state index >= 15 is 0 Å². The number of terminal acetylenes is 1. The molecule has 1 aliphatic carbocycles. The second kappa shape index (κ2) is 20.9. The fraction of sp³-hybridized carbons (Fsp3) is 0.344. The molecular formula is C32H33N5Na3O10. The molecule has 1 heterocycles. The summed E-state index contributed by atoms with van der Waals surface area (Å²) < 4.78 is 0. The summed E-state index contributed by atoms with van der Waals surface area (Å²) >= 11 is 0. The van der Waals surface area contributed by atoms with Crippen molar-refractivity contribution in [3.8, 4) is 12.3 Å². The molecule has 0 unspecified atom stereocenters. The van der Waals surface area contributed by atoms with Gasteiger partial charge in [-0.25, -0.2) is 14.6 Å². The first-order valence-electron chi connectivity index (χ1n) is 14.7. The number of aryl methyl sites for hydroxylation is 1. The van der Waals surface area contributed by atoms with Crippen LogP contribution in [0.2, 0.25) is 0 Å². The number of aliphatic hydroxyl groups is 1. The average Bonchev–Trinajstić information content (AvgIpc) is 3.44. The van der Waals surface area contributed by atoms with Gasteiger partial charge in [0.05, 0.1) is 23.5 Å². The third-order valence-electron chi connectivity index (χ3n) is 7.85. The maximum absolute atomic E-state index is 12.9. The van der Waals surface area contributed by atoms with Gasteiger partial charge in [0, 0.05) is 113 Å². The van der Waals surface area contributed by atoms with Gasteiger partial charge in [0.25, 0.3) is 11.5 Å². The Labute approximate surface area is 352 Å². The third-order valence-corrected chi connectivity index (χ3v) is 7.85. The molecule has 249 valence electrons. The van der Waals surface area contributed by atoms with Gasteiger partial charge in [0.1, 0.15) is 24.5 Å². The number of amides is 2. The second-order valence-corrected chi connectivity index (χ2v) is 11.0. The van der Waals surface area contributed by atoms with Crippen molar-refractivity contribution in [2.45, 2.75) is 63.3 Å². The number of aliphatic carboxylic acids is 3.